The average Bonchev–Trinajstić information content (AvgIpc) is 1.58. The minimum atomic E-state index is -4.40. The molecule has 16 nitrogen and oxygen atoms in total. The highest BCUT2D eigenvalue weighted by atomic mass is 19.4. The quantitative estimate of drug-likeness (QED) is 0.0931. The fourth-order valence-electron chi connectivity index (χ4n) is 13.4. The minimum absolute atomic E-state index is 0.0550. The fourth-order valence-corrected chi connectivity index (χ4v) is 13.4. The van der Waals surface area contributed by atoms with Gasteiger partial charge in [-0.1, -0.05) is 98.8 Å². The van der Waals surface area contributed by atoms with Crippen molar-refractivity contribution in [2.24, 2.45) is 11.8 Å². The maximum atomic E-state index is 16.9. The molecule has 87 heavy (non-hydrogen) atoms. The van der Waals surface area contributed by atoms with Gasteiger partial charge in [0.05, 0.1) is 31.7 Å². The summed E-state index contributed by atoms with van der Waals surface area (Å²) >= 11 is 0. The molecule has 0 aromatic heterocycles. The van der Waals surface area contributed by atoms with Crippen molar-refractivity contribution in [3.8, 4) is 0 Å². The van der Waals surface area contributed by atoms with Crippen LogP contribution in [0.25, 0.3) is 0 Å². The second-order valence-corrected chi connectivity index (χ2v) is 25.2. The molecule has 9 atom stereocenters. The number of carbonyl (C=O) groups excluding carboxylic acids is 6. The third-order valence-electron chi connectivity index (χ3n) is 18.9. The number of likely N-dealkylation sites (tertiary alicyclic amines) is 2. The molecule has 23 heteroatoms. The van der Waals surface area contributed by atoms with Crippen LogP contribution in [0.15, 0.2) is 97.1 Å². The first kappa shape index (κ1) is 61.4. The van der Waals surface area contributed by atoms with Crippen LogP contribution in [0.3, 0.4) is 0 Å². The van der Waals surface area contributed by atoms with E-state index in [2.05, 4.69) is 15.5 Å². The summed E-state index contributed by atoms with van der Waals surface area (Å²) in [7, 11) is 0. The summed E-state index contributed by atoms with van der Waals surface area (Å²) < 4.78 is 112. The number of nitrogens with one attached hydrogen (secondary N) is 2. The molecular formula is C64H73F7N8O8. The first-order valence-corrected chi connectivity index (χ1v) is 30.1. The Morgan fingerprint density at radius 2 is 1.09 bits per heavy atom. The zero-order valence-corrected chi connectivity index (χ0v) is 48.7. The zero-order valence-electron chi connectivity index (χ0n) is 48.7. The SMILES string of the molecule is CC1(c2ccc([C@@H](NC(=O)[C@@H]3C[C@@H](F)CN3C(=O)COC(=O)N3CCN(CC4CC4)C(C4CC4(C)c4ccc([C@@H](NC(=O)[C@@H]5C[C@@H](F)CN5C(=O)COC(=O)N5CCN(CC(F)(F)F)CC5)c5ccccc5)cc4F)C3)c3ccccc3)cc2F)CC1. The highest BCUT2D eigenvalue weighted by Gasteiger charge is 2.59. The monoisotopic (exact) mass is 1210 g/mol. The Kier molecular flexibility index (Phi) is 17.7. The van der Waals surface area contributed by atoms with E-state index in [1.807, 2.05) is 19.9 Å². The van der Waals surface area contributed by atoms with Crippen LogP contribution >= 0.6 is 0 Å². The second kappa shape index (κ2) is 25.1. The normalized spacial score (nSPS) is 26.2. The van der Waals surface area contributed by atoms with Crippen molar-refractivity contribution >= 4 is 35.8 Å². The van der Waals surface area contributed by atoms with Gasteiger partial charge in [0.25, 0.3) is 11.8 Å². The van der Waals surface area contributed by atoms with Crippen molar-refractivity contribution in [3.05, 3.63) is 142 Å². The van der Waals surface area contributed by atoms with E-state index < -0.39 is 116 Å². The second-order valence-electron chi connectivity index (χ2n) is 25.2. The highest BCUT2D eigenvalue weighted by molar-refractivity contribution is 5.91. The molecule has 0 radical (unpaired) electrons. The number of benzene rings is 4. The Hall–Kier alpha value is -7.27. The van der Waals surface area contributed by atoms with E-state index in [-0.39, 0.29) is 75.3 Å². The number of piperazine rings is 2. The third kappa shape index (κ3) is 14.0. The number of amides is 6. The molecule has 0 bridgehead atoms. The summed E-state index contributed by atoms with van der Waals surface area (Å²) in [5.41, 5.74) is 2.20. The van der Waals surface area contributed by atoms with Crippen molar-refractivity contribution in [2.75, 3.05) is 85.2 Å². The van der Waals surface area contributed by atoms with Crippen LogP contribution in [0.1, 0.15) is 104 Å². The van der Waals surface area contributed by atoms with Crippen LogP contribution in [-0.4, -0.2) is 187 Å². The smallest absolute Gasteiger partial charge is 0.410 e. The van der Waals surface area contributed by atoms with Gasteiger partial charge in [0.2, 0.25) is 11.8 Å². The molecule has 466 valence electrons. The predicted molar refractivity (Wildman–Crippen MR) is 304 cm³/mol. The Labute approximate surface area is 500 Å². The van der Waals surface area contributed by atoms with Crippen LogP contribution in [0.4, 0.5) is 40.3 Å². The van der Waals surface area contributed by atoms with Gasteiger partial charge in [-0.05, 0) is 94.9 Å². The van der Waals surface area contributed by atoms with Crippen molar-refractivity contribution in [3.63, 3.8) is 0 Å². The first-order valence-electron chi connectivity index (χ1n) is 30.1. The van der Waals surface area contributed by atoms with E-state index in [1.165, 1.54) is 21.9 Å². The number of hydrogen-bond donors (Lipinski definition) is 2. The van der Waals surface area contributed by atoms with Gasteiger partial charge in [-0.3, -0.25) is 29.0 Å². The van der Waals surface area contributed by atoms with E-state index in [0.29, 0.717) is 58.8 Å². The summed E-state index contributed by atoms with van der Waals surface area (Å²) in [5.74, 6) is -3.51. The number of rotatable bonds is 18. The Balaban J connectivity index is 0.720. The lowest BCUT2D eigenvalue weighted by atomic mass is 9.88. The summed E-state index contributed by atoms with van der Waals surface area (Å²) in [6, 6.07) is 22.9. The summed E-state index contributed by atoms with van der Waals surface area (Å²) in [6.07, 6.45) is -5.37. The van der Waals surface area contributed by atoms with Gasteiger partial charge in [0.1, 0.15) is 36.1 Å². The molecule has 3 unspecified atom stereocenters. The van der Waals surface area contributed by atoms with Crippen molar-refractivity contribution in [1.29, 1.82) is 0 Å². The standard InChI is InChI=1S/C64H73F7N8O8/c1-62(19-20-62)46-17-15-42(27-49(46)67)56(40-9-5-3-6-10-40)72-58(82)52-30-45(66)34-79(52)55(81)37-87-61(85)77-26-25-76(32-39-13-14-39)53(35-77)48-31-63(48,2)47-18-16-43(28-50(47)68)57(41-11-7-4-8-12-41)73-59(83)51-29-44(65)33-78(51)54(80)36-86-60(84)75-23-21-74(22-24-75)38-64(69,70)71/h3-12,15-18,27-28,39,44-45,48,51-53,56-57H,13-14,19-26,29-38H2,1-2H3,(H,72,82)(H,73,83)/t44-,45-,48?,51+,52+,53?,56+,57+,63?/m1/s1. The molecule has 4 aromatic rings. The number of halogens is 7. The van der Waals surface area contributed by atoms with Gasteiger partial charge in [0.15, 0.2) is 13.2 Å². The maximum Gasteiger partial charge on any atom is 0.410 e. The Morgan fingerprint density at radius 3 is 1.56 bits per heavy atom. The number of alkyl halides is 5. The van der Waals surface area contributed by atoms with E-state index in [9.17, 15) is 41.9 Å². The Morgan fingerprint density at radius 1 is 0.609 bits per heavy atom. The van der Waals surface area contributed by atoms with Crippen LogP contribution < -0.4 is 10.6 Å². The number of carbonyl (C=O) groups is 6. The van der Waals surface area contributed by atoms with Gasteiger partial charge in [-0.25, -0.2) is 27.2 Å². The number of hydrogen-bond acceptors (Lipinski definition) is 10. The maximum absolute atomic E-state index is 16.9. The molecule has 6 amide bonds. The van der Waals surface area contributed by atoms with Crippen LogP contribution in [0.2, 0.25) is 0 Å². The zero-order chi connectivity index (χ0) is 61.5. The lowest BCUT2D eigenvalue weighted by Gasteiger charge is -2.42. The van der Waals surface area contributed by atoms with Gasteiger partial charge in [0, 0.05) is 76.7 Å². The summed E-state index contributed by atoms with van der Waals surface area (Å²) in [5, 5.41) is 5.87. The largest absolute Gasteiger partial charge is 0.439 e. The van der Waals surface area contributed by atoms with E-state index in [1.54, 1.807) is 78.9 Å². The molecule has 4 aliphatic heterocycles. The molecule has 7 fully saturated rings. The number of nitrogens with zero attached hydrogens (tertiary/aromatic N) is 6. The summed E-state index contributed by atoms with van der Waals surface area (Å²) in [4.78, 5) is 90.7. The van der Waals surface area contributed by atoms with Gasteiger partial charge in [-0.15, -0.1) is 0 Å². The van der Waals surface area contributed by atoms with Crippen molar-refractivity contribution in [2.45, 2.75) is 118 Å². The minimum Gasteiger partial charge on any atom is -0.439 e. The lowest BCUT2D eigenvalue weighted by molar-refractivity contribution is -0.149. The molecule has 2 N–H and O–H groups in total. The fraction of sp³-hybridized carbons (Fsp3) is 0.531. The highest BCUT2D eigenvalue weighted by Crippen LogP contribution is 2.58. The third-order valence-corrected chi connectivity index (χ3v) is 18.9. The molecular weight excluding hydrogens is 1140 g/mol. The molecule has 0 spiro atoms. The van der Waals surface area contributed by atoms with E-state index in [4.69, 9.17) is 9.47 Å². The molecule has 4 heterocycles. The van der Waals surface area contributed by atoms with E-state index in [0.717, 1.165) is 46.9 Å². The summed E-state index contributed by atoms with van der Waals surface area (Å²) in [6.45, 7) is 2.00. The van der Waals surface area contributed by atoms with Crippen molar-refractivity contribution in [1.82, 2.24) is 40.0 Å². The van der Waals surface area contributed by atoms with Gasteiger partial charge in [-0.2, -0.15) is 13.2 Å². The van der Waals surface area contributed by atoms with Crippen LogP contribution in [-0.2, 0) is 39.5 Å². The molecule has 3 saturated carbocycles. The first-order chi connectivity index (χ1) is 41.5. The molecule has 4 aromatic carbocycles. The lowest BCUT2D eigenvalue weighted by Crippen LogP contribution is -2.57. The average molecular weight is 1220 g/mol. The van der Waals surface area contributed by atoms with E-state index >= 15 is 17.6 Å². The predicted octanol–water partition coefficient (Wildman–Crippen LogP) is 8.13. The molecule has 3 aliphatic carbocycles. The van der Waals surface area contributed by atoms with Gasteiger partial charge >= 0.3 is 18.4 Å². The Bertz CT molecular complexity index is 3200. The molecule has 11 rings (SSSR count). The van der Waals surface area contributed by atoms with Gasteiger partial charge < -0.3 is 39.7 Å². The molecule has 7 aliphatic rings. The van der Waals surface area contributed by atoms with Crippen LogP contribution in [0.5, 0.6) is 0 Å². The van der Waals surface area contributed by atoms with Crippen molar-refractivity contribution < 1.29 is 69.0 Å². The molecule has 4 saturated heterocycles. The van der Waals surface area contributed by atoms with Crippen LogP contribution in [0, 0.1) is 23.5 Å². The number of ether oxygens (including phenoxy) is 2. The topological polar surface area (TPSA) is 164 Å².